The molecular weight excluding hydrogens is 294 g/mol. The molecule has 0 aliphatic carbocycles. The second kappa shape index (κ2) is 9.77. The van der Waals surface area contributed by atoms with Gasteiger partial charge in [-0.1, -0.05) is 44.2 Å². The van der Waals surface area contributed by atoms with Crippen LogP contribution in [0, 0.1) is 5.92 Å². The molecule has 5 nitrogen and oxygen atoms in total. The van der Waals surface area contributed by atoms with Crippen molar-refractivity contribution in [1.29, 1.82) is 0 Å². The molecule has 1 atom stereocenters. The van der Waals surface area contributed by atoms with Crippen molar-refractivity contribution in [3.05, 3.63) is 35.9 Å². The Balaban J connectivity index is 2.57. The van der Waals surface area contributed by atoms with E-state index in [1.165, 1.54) is 7.11 Å². The number of nitrogens with zero attached hydrogens (tertiary/aromatic N) is 1. The maximum Gasteiger partial charge on any atom is 0.310 e. The zero-order valence-electron chi connectivity index (χ0n) is 14.1. The summed E-state index contributed by atoms with van der Waals surface area (Å²) in [5, 5.41) is 0. The van der Waals surface area contributed by atoms with E-state index in [9.17, 15) is 14.4 Å². The van der Waals surface area contributed by atoms with Crippen molar-refractivity contribution < 1.29 is 19.1 Å². The van der Waals surface area contributed by atoms with E-state index in [-0.39, 0.29) is 36.4 Å². The third kappa shape index (κ3) is 6.22. The molecule has 0 saturated carbocycles. The van der Waals surface area contributed by atoms with Gasteiger partial charge in [-0.3, -0.25) is 14.4 Å². The van der Waals surface area contributed by atoms with E-state index in [1.54, 1.807) is 36.1 Å². The summed E-state index contributed by atoms with van der Waals surface area (Å²) in [5.74, 6) is -0.858. The fourth-order valence-corrected chi connectivity index (χ4v) is 2.34. The first-order valence-electron chi connectivity index (χ1n) is 7.93. The largest absolute Gasteiger partial charge is 0.469 e. The lowest BCUT2D eigenvalue weighted by Gasteiger charge is -2.24. The quantitative estimate of drug-likeness (QED) is 0.518. The van der Waals surface area contributed by atoms with Gasteiger partial charge in [-0.25, -0.2) is 0 Å². The highest BCUT2D eigenvalue weighted by atomic mass is 16.5. The minimum absolute atomic E-state index is 0.0450. The van der Waals surface area contributed by atoms with Crippen molar-refractivity contribution in [2.75, 3.05) is 20.2 Å². The van der Waals surface area contributed by atoms with Gasteiger partial charge >= 0.3 is 5.97 Å². The molecule has 1 rings (SSSR count). The van der Waals surface area contributed by atoms with Crippen LogP contribution in [0.15, 0.2) is 30.3 Å². The van der Waals surface area contributed by atoms with Crippen molar-refractivity contribution in [2.45, 2.75) is 33.1 Å². The van der Waals surface area contributed by atoms with Crippen LogP contribution in [-0.2, 0) is 14.3 Å². The fraction of sp³-hybridized carbons (Fsp3) is 0.500. The summed E-state index contributed by atoms with van der Waals surface area (Å²) in [6.45, 7) is 4.59. The van der Waals surface area contributed by atoms with Crippen molar-refractivity contribution in [3.63, 3.8) is 0 Å². The summed E-state index contributed by atoms with van der Waals surface area (Å²) in [5.41, 5.74) is 0.616. The molecule has 0 saturated heterocycles. The fourth-order valence-electron chi connectivity index (χ4n) is 2.34. The number of hydrogen-bond acceptors (Lipinski definition) is 4. The first-order valence-corrected chi connectivity index (χ1v) is 7.93. The van der Waals surface area contributed by atoms with Crippen LogP contribution in [0.2, 0.25) is 0 Å². The summed E-state index contributed by atoms with van der Waals surface area (Å²) in [4.78, 5) is 37.5. The van der Waals surface area contributed by atoms with Crippen LogP contribution in [0.3, 0.4) is 0 Å². The average Bonchev–Trinajstić information content (AvgIpc) is 2.58. The highest BCUT2D eigenvalue weighted by Gasteiger charge is 2.21. The zero-order chi connectivity index (χ0) is 17.2. The summed E-state index contributed by atoms with van der Waals surface area (Å²) in [7, 11) is 1.34. The van der Waals surface area contributed by atoms with Crippen LogP contribution in [0.25, 0.3) is 0 Å². The highest BCUT2D eigenvalue weighted by molar-refractivity contribution is 5.97. The van der Waals surface area contributed by atoms with Gasteiger partial charge in [0.15, 0.2) is 5.78 Å². The average molecular weight is 319 g/mol. The van der Waals surface area contributed by atoms with Gasteiger partial charge in [-0.2, -0.15) is 0 Å². The molecule has 0 radical (unpaired) electrons. The molecule has 0 aliphatic rings. The van der Waals surface area contributed by atoms with E-state index in [2.05, 4.69) is 0 Å². The molecule has 126 valence electrons. The van der Waals surface area contributed by atoms with E-state index in [4.69, 9.17) is 4.74 Å². The summed E-state index contributed by atoms with van der Waals surface area (Å²) in [6, 6.07) is 8.94. The minimum Gasteiger partial charge on any atom is -0.469 e. The van der Waals surface area contributed by atoms with Crippen LogP contribution in [0.4, 0.5) is 0 Å². The lowest BCUT2D eigenvalue weighted by Crippen LogP contribution is -2.37. The predicted molar refractivity (Wildman–Crippen MR) is 88.1 cm³/mol. The van der Waals surface area contributed by atoms with Crippen molar-refractivity contribution in [3.8, 4) is 0 Å². The lowest BCUT2D eigenvalue weighted by molar-refractivity contribution is -0.146. The highest BCUT2D eigenvalue weighted by Crippen LogP contribution is 2.10. The SMILES string of the molecule is CCCN(CC(C)C(=O)OC)C(=O)CCC(=O)c1ccccc1. The first-order chi connectivity index (χ1) is 11.0. The standard InChI is InChI=1S/C18H25NO4/c1-4-12-19(13-14(2)18(22)23-3)17(21)11-10-16(20)15-8-6-5-7-9-15/h5-9,14H,4,10-13H2,1-3H3. The maximum atomic E-state index is 12.3. The Morgan fingerprint density at radius 3 is 2.35 bits per heavy atom. The van der Waals surface area contributed by atoms with Gasteiger partial charge in [0.1, 0.15) is 0 Å². The number of Topliss-reactive ketones (excluding diaryl/α,β-unsaturated/α-hetero) is 1. The predicted octanol–water partition coefficient (Wildman–Crippen LogP) is 2.70. The van der Waals surface area contributed by atoms with Gasteiger partial charge in [0.25, 0.3) is 0 Å². The van der Waals surface area contributed by atoms with Gasteiger partial charge in [0, 0.05) is 31.5 Å². The molecule has 23 heavy (non-hydrogen) atoms. The van der Waals surface area contributed by atoms with Crippen LogP contribution in [-0.4, -0.2) is 42.8 Å². The normalized spacial score (nSPS) is 11.6. The Kier molecular flexibility index (Phi) is 8.02. The second-order valence-corrected chi connectivity index (χ2v) is 5.55. The van der Waals surface area contributed by atoms with E-state index < -0.39 is 0 Å². The molecule has 1 aromatic rings. The summed E-state index contributed by atoms with van der Waals surface area (Å²) in [6.07, 6.45) is 1.13. The summed E-state index contributed by atoms with van der Waals surface area (Å²) >= 11 is 0. The molecule has 0 aromatic heterocycles. The number of hydrogen-bond donors (Lipinski definition) is 0. The molecular formula is C18H25NO4. The number of amides is 1. The van der Waals surface area contributed by atoms with Crippen molar-refractivity contribution >= 4 is 17.7 Å². The molecule has 0 spiro atoms. The van der Waals surface area contributed by atoms with Gasteiger partial charge in [0.05, 0.1) is 13.0 Å². The van der Waals surface area contributed by atoms with Crippen molar-refractivity contribution in [1.82, 2.24) is 4.90 Å². The zero-order valence-corrected chi connectivity index (χ0v) is 14.1. The Labute approximate surface area is 137 Å². The van der Waals surface area contributed by atoms with Crippen LogP contribution in [0.5, 0.6) is 0 Å². The van der Waals surface area contributed by atoms with E-state index in [0.717, 1.165) is 6.42 Å². The summed E-state index contributed by atoms with van der Waals surface area (Å²) < 4.78 is 4.70. The number of ketones is 1. The van der Waals surface area contributed by atoms with E-state index >= 15 is 0 Å². The van der Waals surface area contributed by atoms with Gasteiger partial charge < -0.3 is 9.64 Å². The molecule has 0 bridgehead atoms. The van der Waals surface area contributed by atoms with Gasteiger partial charge in [-0.15, -0.1) is 0 Å². The number of esters is 1. The lowest BCUT2D eigenvalue weighted by atomic mass is 10.1. The number of ether oxygens (including phenoxy) is 1. The van der Waals surface area contributed by atoms with E-state index in [0.29, 0.717) is 18.7 Å². The first kappa shape index (κ1) is 18.9. The number of methoxy groups -OCH3 is 1. The van der Waals surface area contributed by atoms with E-state index in [1.807, 2.05) is 13.0 Å². The van der Waals surface area contributed by atoms with Gasteiger partial charge in [-0.05, 0) is 6.42 Å². The monoisotopic (exact) mass is 319 g/mol. The smallest absolute Gasteiger partial charge is 0.310 e. The van der Waals surface area contributed by atoms with Crippen LogP contribution < -0.4 is 0 Å². The topological polar surface area (TPSA) is 63.7 Å². The Bertz CT molecular complexity index is 527. The number of carbonyl (C=O) groups excluding carboxylic acids is 3. The molecule has 1 aromatic carbocycles. The second-order valence-electron chi connectivity index (χ2n) is 5.55. The minimum atomic E-state index is -0.375. The molecule has 0 fully saturated rings. The Morgan fingerprint density at radius 1 is 1.13 bits per heavy atom. The molecule has 5 heteroatoms. The number of carbonyl (C=O) groups is 3. The maximum absolute atomic E-state index is 12.3. The molecule has 0 aliphatic heterocycles. The molecule has 1 unspecified atom stereocenters. The third-order valence-electron chi connectivity index (χ3n) is 3.61. The molecule has 1 amide bonds. The number of rotatable bonds is 9. The Hall–Kier alpha value is -2.17. The van der Waals surface area contributed by atoms with Crippen LogP contribution in [0.1, 0.15) is 43.5 Å². The van der Waals surface area contributed by atoms with Crippen molar-refractivity contribution in [2.24, 2.45) is 5.92 Å². The molecule has 0 heterocycles. The van der Waals surface area contributed by atoms with Crippen LogP contribution >= 0.6 is 0 Å². The number of benzene rings is 1. The third-order valence-corrected chi connectivity index (χ3v) is 3.61. The Morgan fingerprint density at radius 2 is 1.78 bits per heavy atom. The molecule has 0 N–H and O–H groups in total. The van der Waals surface area contributed by atoms with Gasteiger partial charge in [0.2, 0.25) is 5.91 Å².